The molecule has 0 saturated heterocycles. The van der Waals surface area contributed by atoms with Gasteiger partial charge in [-0.15, -0.1) is 0 Å². The summed E-state index contributed by atoms with van der Waals surface area (Å²) in [5.41, 5.74) is 0. The maximum atomic E-state index is 11.9. The van der Waals surface area contributed by atoms with Crippen LogP contribution >= 0.6 is 0 Å². The fourth-order valence-electron chi connectivity index (χ4n) is 5.39. The fourth-order valence-corrected chi connectivity index (χ4v) is 6.00. The van der Waals surface area contributed by atoms with Gasteiger partial charge in [0.25, 0.3) is 10.1 Å². The molecular formula is C40H73NaO10S. The predicted octanol–water partition coefficient (Wildman–Crippen LogP) is 8.05. The quantitative estimate of drug-likeness (QED) is 0.0145. The molecular weight excluding hydrogens is 695 g/mol. The van der Waals surface area contributed by atoms with E-state index >= 15 is 0 Å². The molecule has 0 heterocycles. The molecule has 0 saturated carbocycles. The zero-order chi connectivity index (χ0) is 38.4. The molecule has 10 nitrogen and oxygen atoms in total. The first kappa shape index (κ1) is 54.8. The van der Waals surface area contributed by atoms with E-state index in [1.165, 1.54) is 128 Å². The van der Waals surface area contributed by atoms with Gasteiger partial charge < -0.3 is 16.4 Å². The van der Waals surface area contributed by atoms with Crippen LogP contribution in [0.5, 0.6) is 0 Å². The molecule has 1 unspecified atom stereocenters. The van der Waals surface area contributed by atoms with E-state index in [1.807, 2.05) is 0 Å². The summed E-state index contributed by atoms with van der Waals surface area (Å²) in [5, 5.41) is 13.9. The molecule has 0 aliphatic heterocycles. The summed E-state index contributed by atoms with van der Waals surface area (Å²) in [6.45, 7) is 4.53. The van der Waals surface area contributed by atoms with Crippen LogP contribution in [0.4, 0.5) is 0 Å². The molecule has 0 aliphatic carbocycles. The Morgan fingerprint density at radius 1 is 0.538 bits per heavy atom. The molecule has 12 heteroatoms. The number of ether oxygens (including phenoxy) is 1. The smallest absolute Gasteiger partial charge is 1.00 e. The Hall–Kier alpha value is -1.53. The van der Waals surface area contributed by atoms with Crippen molar-refractivity contribution in [1.82, 2.24) is 0 Å². The van der Waals surface area contributed by atoms with Crippen molar-refractivity contribution in [2.45, 2.75) is 205 Å². The second kappa shape index (κ2) is 40.7. The van der Waals surface area contributed by atoms with E-state index in [4.69, 9.17) is 19.5 Å². The molecule has 3 N–H and O–H groups in total. The van der Waals surface area contributed by atoms with Gasteiger partial charge in [0.15, 0.2) is 5.25 Å². The maximum Gasteiger partial charge on any atom is 1.00 e. The first-order valence-electron chi connectivity index (χ1n) is 19.9. The van der Waals surface area contributed by atoms with Gasteiger partial charge in [0, 0.05) is 12.8 Å². The minimum atomic E-state index is -4.84. The molecule has 0 radical (unpaired) electrons. The normalized spacial score (nSPS) is 11.9. The van der Waals surface area contributed by atoms with E-state index in [2.05, 4.69) is 38.2 Å². The van der Waals surface area contributed by atoms with Crippen molar-refractivity contribution in [2.24, 2.45) is 0 Å². The standard InChI is InChI=1S/C36H66O3.C4H6O7S.Na.H/c1-3-5-7-9-11-13-15-17-19-21-23-25-27-29-31-33-35(37)39-36(38)34-32-30-28-26-24-22-20-18-16-14-12-10-8-6-4-2;5-3(6)1-2(4(7)8)12(9,10)11;;/h17-20H,3-16,21-34H2,1-2H3;2H,1H2,(H,5,6)(H,7,8)(H,9,10,11);;/q;;+1;-1/b19-17-,20-18?;;;. The van der Waals surface area contributed by atoms with Crippen molar-refractivity contribution in [1.29, 1.82) is 0 Å². The van der Waals surface area contributed by atoms with Gasteiger partial charge in [-0.2, -0.15) is 8.42 Å². The van der Waals surface area contributed by atoms with Crippen LogP contribution in [-0.2, 0) is 34.0 Å². The summed E-state index contributed by atoms with van der Waals surface area (Å²) in [6, 6.07) is 0. The van der Waals surface area contributed by atoms with Crippen LogP contribution in [0.2, 0.25) is 0 Å². The summed E-state index contributed by atoms with van der Waals surface area (Å²) in [4.78, 5) is 43.8. The van der Waals surface area contributed by atoms with Crippen molar-refractivity contribution >= 4 is 34.0 Å². The van der Waals surface area contributed by atoms with Crippen LogP contribution < -0.4 is 29.6 Å². The summed E-state index contributed by atoms with van der Waals surface area (Å²) >= 11 is 0. The predicted molar refractivity (Wildman–Crippen MR) is 206 cm³/mol. The molecule has 0 fully saturated rings. The number of carbonyl (C=O) groups excluding carboxylic acids is 2. The first-order valence-corrected chi connectivity index (χ1v) is 21.4. The van der Waals surface area contributed by atoms with Gasteiger partial charge in [0.1, 0.15) is 0 Å². The Morgan fingerprint density at radius 2 is 0.827 bits per heavy atom. The molecule has 0 bridgehead atoms. The number of aliphatic carboxylic acids is 2. The topological polar surface area (TPSA) is 172 Å². The number of carboxylic acid groups (broad SMARTS) is 2. The zero-order valence-corrected chi connectivity index (χ0v) is 35.8. The number of hydrogen-bond donors (Lipinski definition) is 3. The zero-order valence-electron chi connectivity index (χ0n) is 34.0. The van der Waals surface area contributed by atoms with Gasteiger partial charge in [0.2, 0.25) is 0 Å². The Morgan fingerprint density at radius 3 is 1.08 bits per heavy atom. The largest absolute Gasteiger partial charge is 1.00 e. The number of hydrogen-bond acceptors (Lipinski definition) is 7. The molecule has 0 aromatic heterocycles. The van der Waals surface area contributed by atoms with Crippen LogP contribution in [0.3, 0.4) is 0 Å². The van der Waals surface area contributed by atoms with Crippen molar-refractivity contribution < 1.29 is 78.1 Å². The third kappa shape index (κ3) is 42.9. The number of rotatable bonds is 34. The second-order valence-electron chi connectivity index (χ2n) is 13.5. The van der Waals surface area contributed by atoms with Crippen LogP contribution in [0.15, 0.2) is 24.3 Å². The van der Waals surface area contributed by atoms with Gasteiger partial charge in [0.05, 0.1) is 6.42 Å². The third-order valence-corrected chi connectivity index (χ3v) is 9.60. The van der Waals surface area contributed by atoms with E-state index < -0.39 is 33.7 Å². The Labute approximate surface area is 339 Å². The van der Waals surface area contributed by atoms with Gasteiger partial charge in [-0.05, 0) is 64.2 Å². The number of esters is 2. The minimum Gasteiger partial charge on any atom is -1.00 e. The molecule has 0 amide bonds. The Bertz CT molecular complexity index is 1000. The van der Waals surface area contributed by atoms with Crippen molar-refractivity contribution in [3.63, 3.8) is 0 Å². The number of unbranched alkanes of at least 4 members (excludes halogenated alkanes) is 22. The fraction of sp³-hybridized carbons (Fsp3) is 0.800. The average Bonchev–Trinajstić information content (AvgIpc) is 3.06. The van der Waals surface area contributed by atoms with Gasteiger partial charge >= 0.3 is 53.4 Å². The van der Waals surface area contributed by atoms with Gasteiger partial charge in [-0.1, -0.05) is 141 Å². The van der Waals surface area contributed by atoms with Crippen molar-refractivity contribution in [3.05, 3.63) is 24.3 Å². The molecule has 0 aromatic rings. The van der Waals surface area contributed by atoms with Crippen LogP contribution in [0, 0.1) is 0 Å². The van der Waals surface area contributed by atoms with Crippen LogP contribution in [-0.4, -0.2) is 52.3 Å². The van der Waals surface area contributed by atoms with E-state index in [-0.39, 0.29) is 42.9 Å². The molecule has 1 atom stereocenters. The number of carboxylic acids is 2. The van der Waals surface area contributed by atoms with Crippen molar-refractivity contribution in [3.8, 4) is 0 Å². The Balaban J connectivity index is -0.000000731. The van der Waals surface area contributed by atoms with Gasteiger partial charge in [-0.3, -0.25) is 23.7 Å². The third-order valence-electron chi connectivity index (χ3n) is 8.51. The van der Waals surface area contributed by atoms with E-state index in [1.54, 1.807) is 0 Å². The summed E-state index contributed by atoms with van der Waals surface area (Å²) in [7, 11) is -4.84. The average molecular weight is 769 g/mol. The van der Waals surface area contributed by atoms with Crippen LogP contribution in [0.1, 0.15) is 201 Å². The molecule has 0 spiro atoms. The SMILES string of the molecule is CCCCCCCCC=CCCCCCCCC(=O)OC(=O)CCCCCCC/C=C\CCCCCCCC.O=C(O)CC(C(=O)O)S(=O)(=O)O.[H-].[Na+]. The molecule has 0 aliphatic rings. The van der Waals surface area contributed by atoms with E-state index in [0.29, 0.717) is 12.8 Å². The summed E-state index contributed by atoms with van der Waals surface area (Å²) in [5.74, 6) is -4.18. The Kier molecular flexibility index (Phi) is 42.8. The molecule has 300 valence electrons. The van der Waals surface area contributed by atoms with E-state index in [0.717, 1.165) is 38.5 Å². The first-order chi connectivity index (χ1) is 24.4. The number of allylic oxidation sites excluding steroid dienone is 4. The van der Waals surface area contributed by atoms with Crippen molar-refractivity contribution in [2.75, 3.05) is 0 Å². The minimum absolute atomic E-state index is 0. The van der Waals surface area contributed by atoms with E-state index in [9.17, 15) is 27.6 Å². The van der Waals surface area contributed by atoms with Crippen LogP contribution in [0.25, 0.3) is 0 Å². The molecule has 0 aromatic carbocycles. The maximum absolute atomic E-state index is 11.9. The monoisotopic (exact) mass is 768 g/mol. The summed E-state index contributed by atoms with van der Waals surface area (Å²) < 4.78 is 33.7. The second-order valence-corrected chi connectivity index (χ2v) is 15.1. The van der Waals surface area contributed by atoms with Gasteiger partial charge in [-0.25, -0.2) is 0 Å². The number of carbonyl (C=O) groups is 4. The molecule has 52 heavy (non-hydrogen) atoms. The molecule has 0 rings (SSSR count). The summed E-state index contributed by atoms with van der Waals surface area (Å²) in [6.07, 6.45) is 41.1.